The molecule has 0 aliphatic rings. The van der Waals surface area contributed by atoms with Crippen LogP contribution in [0.3, 0.4) is 0 Å². The lowest BCUT2D eigenvalue weighted by molar-refractivity contribution is -0.123. The van der Waals surface area contributed by atoms with Gasteiger partial charge in [0.05, 0.1) is 0 Å². The van der Waals surface area contributed by atoms with Gasteiger partial charge in [-0.1, -0.05) is 26.0 Å². The summed E-state index contributed by atoms with van der Waals surface area (Å²) in [4.78, 5) is 35.6. The number of hydrogen-bond acceptors (Lipinski definition) is 3. The minimum absolute atomic E-state index is 0.0841. The second kappa shape index (κ2) is 10.1. The smallest absolute Gasteiger partial charge is 0.319 e. The number of carbonyl (C=O) groups is 3. The molecule has 7 nitrogen and oxygen atoms in total. The van der Waals surface area contributed by atoms with Crippen molar-refractivity contribution in [2.75, 3.05) is 23.7 Å². The second-order valence-corrected chi connectivity index (χ2v) is 6.37. The number of urea groups is 1. The first-order valence-electron chi connectivity index (χ1n) is 8.84. The fourth-order valence-corrected chi connectivity index (χ4v) is 2.25. The maximum absolute atomic E-state index is 13.2. The molecule has 0 fully saturated rings. The third kappa shape index (κ3) is 6.71. The van der Waals surface area contributed by atoms with E-state index in [4.69, 9.17) is 0 Å². The summed E-state index contributed by atoms with van der Waals surface area (Å²) >= 11 is 0. The monoisotopic (exact) mass is 386 g/mol. The first-order chi connectivity index (χ1) is 13.3. The zero-order valence-corrected chi connectivity index (χ0v) is 15.7. The number of hydrogen-bond donors (Lipinski definition) is 4. The van der Waals surface area contributed by atoms with Crippen molar-refractivity contribution in [3.63, 3.8) is 0 Å². The molecule has 0 atom stereocenters. The summed E-state index contributed by atoms with van der Waals surface area (Å²) in [6.07, 6.45) is 0. The van der Waals surface area contributed by atoms with Crippen LogP contribution in [-0.2, 0) is 4.79 Å². The summed E-state index contributed by atoms with van der Waals surface area (Å²) in [5.41, 5.74) is 1.08. The summed E-state index contributed by atoms with van der Waals surface area (Å²) in [6, 6.07) is 11.5. The molecule has 0 aliphatic heterocycles. The van der Waals surface area contributed by atoms with Crippen LogP contribution < -0.4 is 21.3 Å². The first-order valence-corrected chi connectivity index (χ1v) is 8.84. The van der Waals surface area contributed by atoms with Crippen molar-refractivity contribution < 1.29 is 18.8 Å². The molecule has 2 aromatic carbocycles. The summed E-state index contributed by atoms with van der Waals surface area (Å²) in [5, 5.41) is 10.5. The highest BCUT2D eigenvalue weighted by atomic mass is 19.1. The Morgan fingerprint density at radius 2 is 1.54 bits per heavy atom. The van der Waals surface area contributed by atoms with Crippen molar-refractivity contribution in [1.82, 2.24) is 10.6 Å². The molecule has 0 heterocycles. The van der Waals surface area contributed by atoms with Gasteiger partial charge in [0.1, 0.15) is 5.82 Å². The predicted molar refractivity (Wildman–Crippen MR) is 106 cm³/mol. The molecule has 148 valence electrons. The van der Waals surface area contributed by atoms with E-state index in [9.17, 15) is 18.8 Å². The SMILES string of the molecule is CC(C)C(=O)NCCNC(=O)Nc1cccc(C(=O)Nc2cccc(F)c2)c1. The fraction of sp³-hybridized carbons (Fsp3) is 0.250. The Labute approximate surface area is 162 Å². The number of rotatable bonds is 7. The zero-order chi connectivity index (χ0) is 20.5. The highest BCUT2D eigenvalue weighted by Crippen LogP contribution is 2.14. The summed E-state index contributed by atoms with van der Waals surface area (Å²) in [5.74, 6) is -1.07. The summed E-state index contributed by atoms with van der Waals surface area (Å²) in [6.45, 7) is 4.16. The maximum atomic E-state index is 13.2. The van der Waals surface area contributed by atoms with Gasteiger partial charge in [0.15, 0.2) is 0 Å². The van der Waals surface area contributed by atoms with E-state index in [2.05, 4.69) is 21.3 Å². The molecule has 2 aromatic rings. The van der Waals surface area contributed by atoms with Crippen LogP contribution in [0, 0.1) is 11.7 Å². The van der Waals surface area contributed by atoms with Crippen LogP contribution in [0.5, 0.6) is 0 Å². The van der Waals surface area contributed by atoms with E-state index >= 15 is 0 Å². The molecule has 0 aliphatic carbocycles. The number of carbonyl (C=O) groups excluding carboxylic acids is 3. The quantitative estimate of drug-likeness (QED) is 0.551. The molecule has 4 N–H and O–H groups in total. The molecule has 4 amide bonds. The van der Waals surface area contributed by atoms with Crippen molar-refractivity contribution >= 4 is 29.2 Å². The maximum Gasteiger partial charge on any atom is 0.319 e. The highest BCUT2D eigenvalue weighted by molar-refractivity contribution is 6.05. The normalized spacial score (nSPS) is 10.3. The summed E-state index contributed by atoms with van der Waals surface area (Å²) in [7, 11) is 0. The van der Waals surface area contributed by atoms with E-state index in [1.54, 1.807) is 38.1 Å². The van der Waals surface area contributed by atoms with E-state index in [0.717, 1.165) is 0 Å². The van der Waals surface area contributed by atoms with Crippen molar-refractivity contribution in [3.8, 4) is 0 Å². The minimum Gasteiger partial charge on any atom is -0.354 e. The van der Waals surface area contributed by atoms with Crippen molar-refractivity contribution in [2.24, 2.45) is 5.92 Å². The lowest BCUT2D eigenvalue weighted by atomic mass is 10.2. The van der Waals surface area contributed by atoms with Gasteiger partial charge in [-0.3, -0.25) is 9.59 Å². The van der Waals surface area contributed by atoms with Crippen LogP contribution >= 0.6 is 0 Å². The molecule has 0 unspecified atom stereocenters. The third-order valence-electron chi connectivity index (χ3n) is 3.70. The standard InChI is InChI=1S/C20H23FN4O3/c1-13(2)18(26)22-9-10-23-20(28)25-16-7-3-5-14(11-16)19(27)24-17-8-4-6-15(21)12-17/h3-8,11-13H,9-10H2,1-2H3,(H,22,26)(H,24,27)(H2,23,25,28). The second-order valence-electron chi connectivity index (χ2n) is 6.37. The van der Waals surface area contributed by atoms with Crippen LogP contribution in [0.1, 0.15) is 24.2 Å². The van der Waals surface area contributed by atoms with E-state index in [1.165, 1.54) is 24.3 Å². The number of nitrogens with one attached hydrogen (secondary N) is 4. The molecular formula is C20H23FN4O3. The van der Waals surface area contributed by atoms with Crippen molar-refractivity contribution in [3.05, 3.63) is 59.9 Å². The Bertz CT molecular complexity index is 855. The number of amides is 4. The molecule has 0 saturated carbocycles. The predicted octanol–water partition coefficient (Wildman–Crippen LogP) is 2.97. The lowest BCUT2D eigenvalue weighted by Crippen LogP contribution is -2.38. The van der Waals surface area contributed by atoms with Crippen LogP contribution in [0.4, 0.5) is 20.6 Å². The fourth-order valence-electron chi connectivity index (χ4n) is 2.25. The van der Waals surface area contributed by atoms with Crippen molar-refractivity contribution in [1.29, 1.82) is 0 Å². The number of anilines is 2. The molecule has 0 aromatic heterocycles. The largest absolute Gasteiger partial charge is 0.354 e. The van der Waals surface area contributed by atoms with Gasteiger partial charge < -0.3 is 21.3 Å². The summed E-state index contributed by atoms with van der Waals surface area (Å²) < 4.78 is 13.2. The molecule has 0 bridgehead atoms. The van der Waals surface area contributed by atoms with E-state index in [1.807, 2.05) is 0 Å². The Kier molecular flexibility index (Phi) is 7.50. The molecule has 0 spiro atoms. The van der Waals surface area contributed by atoms with Gasteiger partial charge in [-0.05, 0) is 36.4 Å². The average Bonchev–Trinajstić information content (AvgIpc) is 2.65. The minimum atomic E-state index is -0.457. The van der Waals surface area contributed by atoms with Gasteiger partial charge in [0.2, 0.25) is 5.91 Å². The van der Waals surface area contributed by atoms with Gasteiger partial charge in [0.25, 0.3) is 5.91 Å². The average molecular weight is 386 g/mol. The third-order valence-corrected chi connectivity index (χ3v) is 3.70. The highest BCUT2D eigenvalue weighted by Gasteiger charge is 2.09. The molecule has 0 radical (unpaired) electrons. The molecule has 8 heteroatoms. The first kappa shape index (κ1) is 20.9. The van der Waals surface area contributed by atoms with E-state index in [-0.39, 0.29) is 18.4 Å². The Morgan fingerprint density at radius 3 is 2.21 bits per heavy atom. The molecule has 28 heavy (non-hydrogen) atoms. The molecular weight excluding hydrogens is 363 g/mol. The Morgan fingerprint density at radius 1 is 0.893 bits per heavy atom. The van der Waals surface area contributed by atoms with Crippen LogP contribution in [0.25, 0.3) is 0 Å². The van der Waals surface area contributed by atoms with Crippen molar-refractivity contribution in [2.45, 2.75) is 13.8 Å². The molecule has 2 rings (SSSR count). The number of halogens is 1. The Hall–Kier alpha value is -3.42. The van der Waals surface area contributed by atoms with Crippen LogP contribution in [-0.4, -0.2) is 30.9 Å². The number of benzene rings is 2. The van der Waals surface area contributed by atoms with E-state index in [0.29, 0.717) is 23.5 Å². The Balaban J connectivity index is 1.85. The van der Waals surface area contributed by atoms with Gasteiger partial charge in [-0.25, -0.2) is 9.18 Å². The van der Waals surface area contributed by atoms with Crippen LogP contribution in [0.2, 0.25) is 0 Å². The van der Waals surface area contributed by atoms with Gasteiger partial charge in [-0.2, -0.15) is 0 Å². The van der Waals surface area contributed by atoms with Gasteiger partial charge in [0, 0.05) is 35.9 Å². The van der Waals surface area contributed by atoms with E-state index < -0.39 is 17.8 Å². The van der Waals surface area contributed by atoms with Gasteiger partial charge >= 0.3 is 6.03 Å². The van der Waals surface area contributed by atoms with Gasteiger partial charge in [-0.15, -0.1) is 0 Å². The van der Waals surface area contributed by atoms with Crippen LogP contribution in [0.15, 0.2) is 48.5 Å². The lowest BCUT2D eigenvalue weighted by Gasteiger charge is -2.11. The molecule has 0 saturated heterocycles. The topological polar surface area (TPSA) is 99.3 Å². The zero-order valence-electron chi connectivity index (χ0n) is 15.7.